The Morgan fingerprint density at radius 2 is 1.71 bits per heavy atom. The number of carbonyl (C=O) groups excluding carboxylic acids is 3. The molecule has 0 heterocycles. The van der Waals surface area contributed by atoms with Crippen molar-refractivity contribution in [1.29, 1.82) is 0 Å². The maximum atomic E-state index is 12.2. The van der Waals surface area contributed by atoms with E-state index in [1.165, 1.54) is 49.6 Å². The molecule has 3 aromatic carbocycles. The highest BCUT2D eigenvalue weighted by Gasteiger charge is 2.18. The van der Waals surface area contributed by atoms with Crippen LogP contribution in [0.1, 0.15) is 20.7 Å². The Bertz CT molecular complexity index is 1240. The second-order valence-corrected chi connectivity index (χ2v) is 7.09. The molecule has 0 aliphatic carbocycles. The number of carbonyl (C=O) groups is 3. The van der Waals surface area contributed by atoms with Crippen LogP contribution < -0.4 is 14.8 Å². The first-order valence-electron chi connectivity index (χ1n) is 9.64. The molecule has 0 fully saturated rings. The van der Waals surface area contributed by atoms with Crippen molar-refractivity contribution < 1.29 is 33.5 Å². The number of imide groups is 1. The summed E-state index contributed by atoms with van der Waals surface area (Å²) in [6.45, 7) is -0.686. The Morgan fingerprint density at radius 3 is 2.38 bits per heavy atom. The number of nitrogens with zero attached hydrogens (tertiary/aromatic N) is 1. The molecule has 0 aromatic heterocycles. The Balaban J connectivity index is 1.56. The molecule has 0 spiro atoms. The first-order chi connectivity index (χ1) is 16.3. The number of hydrogen-bond donors (Lipinski definition) is 1. The smallest absolute Gasteiger partial charge is 0.338 e. The van der Waals surface area contributed by atoms with Gasteiger partial charge in [-0.15, -0.1) is 0 Å². The SMILES string of the molecule is COc1ccccc1C(=O)NC(=O)COC(=O)c1ccc(Oc2ccc(Cl)cc2[N+](=O)[O-])cc1. The van der Waals surface area contributed by atoms with Crippen molar-refractivity contribution in [3.05, 3.63) is 93.0 Å². The number of ether oxygens (including phenoxy) is 3. The van der Waals surface area contributed by atoms with Crippen LogP contribution in [0.2, 0.25) is 5.02 Å². The fraction of sp³-hybridized carbons (Fsp3) is 0.0870. The summed E-state index contributed by atoms with van der Waals surface area (Å²) in [7, 11) is 1.39. The molecule has 0 atom stereocenters. The second kappa shape index (κ2) is 10.9. The number of nitro groups is 1. The zero-order valence-corrected chi connectivity index (χ0v) is 18.4. The van der Waals surface area contributed by atoms with Crippen LogP contribution in [0.15, 0.2) is 66.7 Å². The van der Waals surface area contributed by atoms with E-state index in [0.29, 0.717) is 0 Å². The lowest BCUT2D eigenvalue weighted by Crippen LogP contribution is -2.34. The van der Waals surface area contributed by atoms with E-state index < -0.39 is 29.3 Å². The third kappa shape index (κ3) is 6.08. The van der Waals surface area contributed by atoms with Gasteiger partial charge < -0.3 is 14.2 Å². The number of halogens is 1. The number of nitro benzene ring substituents is 1. The zero-order valence-electron chi connectivity index (χ0n) is 17.6. The Hall–Kier alpha value is -4.44. The number of rotatable bonds is 8. The van der Waals surface area contributed by atoms with Crippen molar-refractivity contribution in [2.24, 2.45) is 0 Å². The van der Waals surface area contributed by atoms with Crippen LogP contribution in [0.4, 0.5) is 5.69 Å². The van der Waals surface area contributed by atoms with Crippen LogP contribution in [0.25, 0.3) is 0 Å². The molecule has 0 saturated heterocycles. The van der Waals surface area contributed by atoms with Gasteiger partial charge >= 0.3 is 11.7 Å². The summed E-state index contributed by atoms with van der Waals surface area (Å²) in [5.74, 6) is -1.85. The molecule has 2 amide bonds. The highest BCUT2D eigenvalue weighted by molar-refractivity contribution is 6.30. The van der Waals surface area contributed by atoms with E-state index in [2.05, 4.69) is 5.32 Å². The molecule has 0 aliphatic rings. The van der Waals surface area contributed by atoms with Gasteiger partial charge in [-0.2, -0.15) is 0 Å². The predicted octanol–water partition coefficient (Wildman–Crippen LogP) is 4.16. The summed E-state index contributed by atoms with van der Waals surface area (Å²) >= 11 is 5.78. The first-order valence-corrected chi connectivity index (χ1v) is 10.0. The van der Waals surface area contributed by atoms with Crippen molar-refractivity contribution in [2.75, 3.05) is 13.7 Å². The van der Waals surface area contributed by atoms with E-state index in [1.807, 2.05) is 0 Å². The molecule has 11 heteroatoms. The number of esters is 1. The minimum absolute atomic E-state index is 0.0267. The lowest BCUT2D eigenvalue weighted by atomic mass is 10.2. The van der Waals surface area contributed by atoms with Gasteiger partial charge in [0.2, 0.25) is 5.75 Å². The van der Waals surface area contributed by atoms with Crippen molar-refractivity contribution in [1.82, 2.24) is 5.32 Å². The van der Waals surface area contributed by atoms with Gasteiger partial charge in [0.25, 0.3) is 11.8 Å². The van der Waals surface area contributed by atoms with E-state index in [0.717, 1.165) is 6.07 Å². The maximum Gasteiger partial charge on any atom is 0.338 e. The Labute approximate surface area is 198 Å². The molecule has 3 rings (SSSR count). The summed E-state index contributed by atoms with van der Waals surface area (Å²) in [6.07, 6.45) is 0. The third-order valence-electron chi connectivity index (χ3n) is 4.37. The number of hydrogen-bond acceptors (Lipinski definition) is 8. The lowest BCUT2D eigenvalue weighted by Gasteiger charge is -2.09. The molecule has 1 N–H and O–H groups in total. The van der Waals surface area contributed by atoms with Gasteiger partial charge in [-0.1, -0.05) is 23.7 Å². The average molecular weight is 485 g/mol. The molecule has 0 bridgehead atoms. The summed E-state index contributed by atoms with van der Waals surface area (Å²) in [4.78, 5) is 46.9. The highest BCUT2D eigenvalue weighted by Crippen LogP contribution is 2.33. The van der Waals surface area contributed by atoms with Crippen LogP contribution in [-0.2, 0) is 9.53 Å². The molecule has 10 nitrogen and oxygen atoms in total. The fourth-order valence-corrected chi connectivity index (χ4v) is 2.95. The Morgan fingerprint density at radius 1 is 1.00 bits per heavy atom. The number of benzene rings is 3. The van der Waals surface area contributed by atoms with Crippen LogP contribution >= 0.6 is 11.6 Å². The monoisotopic (exact) mass is 484 g/mol. The molecule has 3 aromatic rings. The molecular weight excluding hydrogens is 468 g/mol. The van der Waals surface area contributed by atoms with Crippen LogP contribution in [-0.4, -0.2) is 36.4 Å². The highest BCUT2D eigenvalue weighted by atomic mass is 35.5. The summed E-state index contributed by atoms with van der Waals surface area (Å²) in [5, 5.41) is 13.5. The molecular formula is C23H17ClN2O8. The quantitative estimate of drug-likeness (QED) is 0.286. The first kappa shape index (κ1) is 24.2. The zero-order chi connectivity index (χ0) is 24.7. The number of para-hydroxylation sites is 1. The predicted molar refractivity (Wildman–Crippen MR) is 120 cm³/mol. The van der Waals surface area contributed by atoms with Gasteiger partial charge in [-0.25, -0.2) is 4.79 Å². The number of nitrogens with one attached hydrogen (secondary N) is 1. The van der Waals surface area contributed by atoms with E-state index in [4.69, 9.17) is 25.8 Å². The van der Waals surface area contributed by atoms with Crippen molar-refractivity contribution in [3.8, 4) is 17.2 Å². The van der Waals surface area contributed by atoms with Crippen molar-refractivity contribution in [3.63, 3.8) is 0 Å². The van der Waals surface area contributed by atoms with E-state index >= 15 is 0 Å². The third-order valence-corrected chi connectivity index (χ3v) is 4.61. The van der Waals surface area contributed by atoms with Crippen LogP contribution in [0.5, 0.6) is 17.2 Å². The molecule has 0 radical (unpaired) electrons. The van der Waals surface area contributed by atoms with E-state index in [-0.39, 0.29) is 39.1 Å². The minimum Gasteiger partial charge on any atom is -0.496 e. The summed E-state index contributed by atoms with van der Waals surface area (Å²) in [6, 6.07) is 15.8. The number of methoxy groups -OCH3 is 1. The van der Waals surface area contributed by atoms with Gasteiger partial charge in [0.05, 0.1) is 23.2 Å². The van der Waals surface area contributed by atoms with Crippen molar-refractivity contribution in [2.45, 2.75) is 0 Å². The van der Waals surface area contributed by atoms with Gasteiger partial charge in [-0.05, 0) is 48.5 Å². The normalized spacial score (nSPS) is 10.2. The minimum atomic E-state index is -0.820. The Kier molecular flexibility index (Phi) is 7.78. The summed E-state index contributed by atoms with van der Waals surface area (Å²) < 4.78 is 15.5. The van der Waals surface area contributed by atoms with Gasteiger partial charge in [-0.3, -0.25) is 25.0 Å². The number of amides is 2. The van der Waals surface area contributed by atoms with Crippen LogP contribution in [0, 0.1) is 10.1 Å². The second-order valence-electron chi connectivity index (χ2n) is 6.65. The molecule has 0 unspecified atom stereocenters. The molecule has 0 saturated carbocycles. The lowest BCUT2D eigenvalue weighted by molar-refractivity contribution is -0.385. The van der Waals surface area contributed by atoms with Gasteiger partial charge in [0.15, 0.2) is 6.61 Å². The van der Waals surface area contributed by atoms with Gasteiger partial charge in [0, 0.05) is 11.1 Å². The standard InChI is InChI=1S/C23H17ClN2O8/c1-32-19-5-3-2-4-17(19)22(28)25-21(27)13-33-23(29)14-6-9-16(10-7-14)34-20-11-8-15(24)12-18(20)26(30)31/h2-12H,13H2,1H3,(H,25,27,28). The van der Waals surface area contributed by atoms with Crippen LogP contribution in [0.3, 0.4) is 0 Å². The molecule has 34 heavy (non-hydrogen) atoms. The van der Waals surface area contributed by atoms with Crippen molar-refractivity contribution >= 4 is 35.1 Å². The van der Waals surface area contributed by atoms with E-state index in [9.17, 15) is 24.5 Å². The fourth-order valence-electron chi connectivity index (χ4n) is 2.78. The molecule has 174 valence electrons. The summed E-state index contributed by atoms with van der Waals surface area (Å²) in [5.41, 5.74) is -0.0623. The topological polar surface area (TPSA) is 134 Å². The van der Waals surface area contributed by atoms with Gasteiger partial charge in [0.1, 0.15) is 11.5 Å². The maximum absolute atomic E-state index is 12.2. The molecule has 0 aliphatic heterocycles. The largest absolute Gasteiger partial charge is 0.496 e. The average Bonchev–Trinajstić information content (AvgIpc) is 2.83. The van der Waals surface area contributed by atoms with E-state index in [1.54, 1.807) is 18.2 Å².